The molecule has 0 bridgehead atoms. The molecule has 0 fully saturated rings. The fourth-order valence-corrected chi connectivity index (χ4v) is 3.23. The van der Waals surface area contributed by atoms with E-state index in [0.29, 0.717) is 40.8 Å². The maximum Gasteiger partial charge on any atom is 0.252 e. The van der Waals surface area contributed by atoms with E-state index in [-0.39, 0.29) is 17.9 Å². The Kier molecular flexibility index (Phi) is 7.17. The minimum absolute atomic E-state index is 0.0617. The number of carbonyl (C=O) groups is 2. The number of nitrogens with two attached hydrogens (primary N) is 1. The number of pyridine rings is 1. The molecule has 0 saturated heterocycles. The second-order valence-corrected chi connectivity index (χ2v) is 8.04. The molecule has 3 rings (SSSR count). The number of carbonyl (C=O) groups excluding carboxylic acids is 2. The molecule has 3 heterocycles. The van der Waals surface area contributed by atoms with E-state index < -0.39 is 0 Å². The molecule has 0 atom stereocenters. The number of nitrogen functional groups attached to an aromatic ring is 1. The molecule has 0 aliphatic carbocycles. The second kappa shape index (κ2) is 10.0. The molecule has 3 aromatic heterocycles. The summed E-state index contributed by atoms with van der Waals surface area (Å²) in [6.07, 6.45) is 7.29. The zero-order chi connectivity index (χ0) is 24.1. The van der Waals surface area contributed by atoms with E-state index in [1.54, 1.807) is 36.3 Å². The molecule has 0 spiro atoms. The number of amides is 2. The first-order chi connectivity index (χ1) is 15.7. The number of fused-ring (bicyclic) bond motifs is 1. The van der Waals surface area contributed by atoms with E-state index in [9.17, 15) is 9.59 Å². The first-order valence-corrected chi connectivity index (χ1v) is 10.5. The van der Waals surface area contributed by atoms with Crippen molar-refractivity contribution >= 4 is 29.3 Å². The molecule has 3 aromatic rings. The maximum absolute atomic E-state index is 13.2. The van der Waals surface area contributed by atoms with Gasteiger partial charge in [-0.25, -0.2) is 19.6 Å². The van der Waals surface area contributed by atoms with Crippen LogP contribution in [-0.4, -0.2) is 43.6 Å². The topological polar surface area (TPSA) is 141 Å². The number of hydrogen-bond acceptors (Lipinski definition) is 7. The number of allylic oxidation sites excluding steroid dienone is 3. The lowest BCUT2D eigenvalue weighted by Crippen LogP contribution is -2.26. The van der Waals surface area contributed by atoms with Gasteiger partial charge in [0.1, 0.15) is 0 Å². The molecule has 4 N–H and O–H groups in total. The molecular formula is C23H28N8O2. The smallest absolute Gasteiger partial charge is 0.252 e. The minimum atomic E-state index is -0.248. The Morgan fingerprint density at radius 1 is 1.18 bits per heavy atom. The summed E-state index contributed by atoms with van der Waals surface area (Å²) in [6.45, 7) is 9.99. The van der Waals surface area contributed by atoms with Crippen LogP contribution in [0, 0.1) is 0 Å². The number of anilines is 1. The lowest BCUT2D eigenvalue weighted by molar-refractivity contribution is -0.108. The van der Waals surface area contributed by atoms with Gasteiger partial charge in [-0.2, -0.15) is 5.10 Å². The normalized spacial score (nSPS) is 12.6. The van der Waals surface area contributed by atoms with Gasteiger partial charge in [-0.05, 0) is 52.3 Å². The van der Waals surface area contributed by atoms with Crippen LogP contribution in [-0.2, 0) is 4.79 Å². The molecule has 10 heteroatoms. The van der Waals surface area contributed by atoms with Crippen molar-refractivity contribution < 1.29 is 9.59 Å². The van der Waals surface area contributed by atoms with Crippen LogP contribution in [0.15, 0.2) is 47.6 Å². The Bertz CT molecular complexity index is 1240. The van der Waals surface area contributed by atoms with E-state index in [2.05, 4.69) is 25.7 Å². The van der Waals surface area contributed by atoms with Crippen molar-refractivity contribution in [3.63, 3.8) is 0 Å². The van der Waals surface area contributed by atoms with E-state index in [1.165, 1.54) is 0 Å². The van der Waals surface area contributed by atoms with Gasteiger partial charge in [-0.1, -0.05) is 5.57 Å². The lowest BCUT2D eigenvalue weighted by atomic mass is 10.1. The number of nitrogens with zero attached hydrogens (tertiary/aromatic N) is 5. The molecule has 10 nitrogen and oxygen atoms in total. The number of aromatic nitrogens is 5. The van der Waals surface area contributed by atoms with Crippen molar-refractivity contribution in [1.29, 1.82) is 0 Å². The standard InChI is InChI=1S/C23H28N8O2/c1-13(2)31-21-19(11-29-31)18(7-20(30-21)17-9-26-23(24)27-10-17)22(33)25-8-15(4)14(3)6-16(5)28-12-32/h6-7,9-13H,8H2,1-5H3,(H,25,33)(H,28,32)(H2,24,26,27)/b15-14+,16-6-. The molecule has 0 aliphatic rings. The second-order valence-electron chi connectivity index (χ2n) is 8.04. The highest BCUT2D eigenvalue weighted by Gasteiger charge is 2.19. The van der Waals surface area contributed by atoms with Crippen LogP contribution >= 0.6 is 0 Å². The third kappa shape index (κ3) is 5.40. The highest BCUT2D eigenvalue weighted by Crippen LogP contribution is 2.26. The summed E-state index contributed by atoms with van der Waals surface area (Å²) in [4.78, 5) is 36.6. The first-order valence-electron chi connectivity index (χ1n) is 10.5. The predicted molar refractivity (Wildman–Crippen MR) is 127 cm³/mol. The van der Waals surface area contributed by atoms with E-state index in [4.69, 9.17) is 10.7 Å². The molecule has 0 radical (unpaired) electrons. The van der Waals surface area contributed by atoms with Crippen molar-refractivity contribution in [3.05, 3.63) is 53.1 Å². The Morgan fingerprint density at radius 2 is 1.88 bits per heavy atom. The van der Waals surface area contributed by atoms with E-state index >= 15 is 0 Å². The van der Waals surface area contributed by atoms with Crippen molar-refractivity contribution in [2.45, 2.75) is 40.7 Å². The van der Waals surface area contributed by atoms with Gasteiger partial charge < -0.3 is 16.4 Å². The molecule has 0 saturated carbocycles. The molecule has 33 heavy (non-hydrogen) atoms. The van der Waals surface area contributed by atoms with Gasteiger partial charge in [0.25, 0.3) is 5.91 Å². The van der Waals surface area contributed by atoms with E-state index in [1.807, 2.05) is 33.8 Å². The molecule has 2 amide bonds. The highest BCUT2D eigenvalue weighted by molar-refractivity contribution is 6.06. The summed E-state index contributed by atoms with van der Waals surface area (Å²) in [5, 5.41) is 10.7. The Morgan fingerprint density at radius 3 is 2.52 bits per heavy atom. The Hall–Kier alpha value is -4.08. The van der Waals surface area contributed by atoms with Crippen LogP contribution in [0.25, 0.3) is 22.3 Å². The fourth-order valence-electron chi connectivity index (χ4n) is 3.23. The largest absolute Gasteiger partial charge is 0.368 e. The third-order valence-corrected chi connectivity index (χ3v) is 5.17. The summed E-state index contributed by atoms with van der Waals surface area (Å²) < 4.78 is 1.77. The number of hydrogen-bond donors (Lipinski definition) is 3. The first kappa shape index (κ1) is 23.6. The number of rotatable bonds is 8. The lowest BCUT2D eigenvalue weighted by Gasteiger charge is -2.12. The number of nitrogens with one attached hydrogen (secondary N) is 2. The molecule has 0 unspecified atom stereocenters. The van der Waals surface area contributed by atoms with Crippen LogP contribution in [0.1, 0.15) is 51.0 Å². The summed E-state index contributed by atoms with van der Waals surface area (Å²) in [6, 6.07) is 1.77. The highest BCUT2D eigenvalue weighted by atomic mass is 16.1. The minimum Gasteiger partial charge on any atom is -0.368 e. The quantitative estimate of drug-likeness (QED) is 0.355. The fraction of sp³-hybridized carbons (Fsp3) is 0.304. The third-order valence-electron chi connectivity index (χ3n) is 5.17. The van der Waals surface area contributed by atoms with Crippen LogP contribution in [0.4, 0.5) is 5.95 Å². The summed E-state index contributed by atoms with van der Waals surface area (Å²) in [5.41, 5.74) is 10.5. The van der Waals surface area contributed by atoms with Gasteiger partial charge in [-0.3, -0.25) is 9.59 Å². The van der Waals surface area contributed by atoms with Crippen LogP contribution < -0.4 is 16.4 Å². The van der Waals surface area contributed by atoms with Crippen LogP contribution in [0.5, 0.6) is 0 Å². The van der Waals surface area contributed by atoms with Crippen LogP contribution in [0.3, 0.4) is 0 Å². The van der Waals surface area contributed by atoms with Gasteiger partial charge in [-0.15, -0.1) is 0 Å². The average molecular weight is 449 g/mol. The zero-order valence-corrected chi connectivity index (χ0v) is 19.4. The van der Waals surface area contributed by atoms with Gasteiger partial charge in [0.05, 0.1) is 22.8 Å². The van der Waals surface area contributed by atoms with Gasteiger partial charge >= 0.3 is 0 Å². The monoisotopic (exact) mass is 448 g/mol. The summed E-state index contributed by atoms with van der Waals surface area (Å²) in [5.74, 6) is -0.0857. The van der Waals surface area contributed by atoms with Gasteiger partial charge in [0.15, 0.2) is 5.65 Å². The average Bonchev–Trinajstić information content (AvgIpc) is 3.21. The Balaban J connectivity index is 1.97. The van der Waals surface area contributed by atoms with Gasteiger partial charge in [0, 0.05) is 36.2 Å². The summed E-state index contributed by atoms with van der Waals surface area (Å²) >= 11 is 0. The SMILES string of the molecule is C/C(=C/C(C)=C(\C)CNC(=O)c1cc(-c2cnc(N)nc2)nc2c1cnn2C(C)C)NC=O. The maximum atomic E-state index is 13.2. The van der Waals surface area contributed by atoms with Crippen molar-refractivity contribution in [2.24, 2.45) is 0 Å². The van der Waals surface area contributed by atoms with Crippen molar-refractivity contribution in [2.75, 3.05) is 12.3 Å². The van der Waals surface area contributed by atoms with Crippen molar-refractivity contribution in [1.82, 2.24) is 35.4 Å². The molecule has 0 aliphatic heterocycles. The Labute approximate surface area is 192 Å². The summed E-state index contributed by atoms with van der Waals surface area (Å²) in [7, 11) is 0. The van der Waals surface area contributed by atoms with Gasteiger partial charge in [0.2, 0.25) is 12.4 Å². The zero-order valence-electron chi connectivity index (χ0n) is 19.4. The molecular weight excluding hydrogens is 420 g/mol. The van der Waals surface area contributed by atoms with Crippen molar-refractivity contribution in [3.8, 4) is 11.3 Å². The van der Waals surface area contributed by atoms with Crippen LogP contribution in [0.2, 0.25) is 0 Å². The molecule has 172 valence electrons. The molecule has 0 aromatic carbocycles. The predicted octanol–water partition coefficient (Wildman–Crippen LogP) is 2.77. The van der Waals surface area contributed by atoms with E-state index in [0.717, 1.165) is 16.8 Å².